The Hall–Kier alpha value is -7.18. The van der Waals surface area contributed by atoms with Gasteiger partial charge in [-0.05, 0) is 54.1 Å². The first kappa shape index (κ1) is 29.7. The first-order valence-electron chi connectivity index (χ1n) is 17.2. The monoisotopic (exact) mass is 667 g/mol. The van der Waals surface area contributed by atoms with Gasteiger partial charge in [0.15, 0.2) is 23.1 Å². The lowest BCUT2D eigenvalue weighted by molar-refractivity contribution is 0.620. The van der Waals surface area contributed by atoms with Crippen molar-refractivity contribution in [3.05, 3.63) is 176 Å². The van der Waals surface area contributed by atoms with Crippen molar-refractivity contribution >= 4 is 32.9 Å². The lowest BCUT2D eigenvalue weighted by Crippen LogP contribution is -2.02. The summed E-state index contributed by atoms with van der Waals surface area (Å²) < 4.78 is 8.53. The van der Waals surface area contributed by atoms with Crippen LogP contribution in [0.1, 0.15) is 0 Å². The maximum atomic E-state index is 6.21. The fourth-order valence-electron chi connectivity index (χ4n) is 7.10. The van der Waals surface area contributed by atoms with E-state index in [4.69, 9.17) is 24.4 Å². The van der Waals surface area contributed by atoms with Crippen molar-refractivity contribution in [2.75, 3.05) is 0 Å². The van der Waals surface area contributed by atoms with Crippen LogP contribution in [0.2, 0.25) is 0 Å². The fraction of sp³-hybridized carbons (Fsp3) is 0. The van der Waals surface area contributed by atoms with Crippen LogP contribution < -0.4 is 0 Å². The highest BCUT2D eigenvalue weighted by atomic mass is 16.3. The summed E-state index contributed by atoms with van der Waals surface area (Å²) in [7, 11) is 0. The standard InChI is InChI=1S/C46H29N5O/c1-4-15-30(16-5-1)43-48-44(33-20-12-19-32(29-33)35-24-14-28-40-41(35)47-46(52-40)31-17-6-2-7-18-31)50-45(49-43)38-26-13-25-37-36-23-10-11-27-39(36)51(42(37)38)34-21-8-3-9-22-34/h1-29H. The van der Waals surface area contributed by atoms with Gasteiger partial charge < -0.3 is 8.98 Å². The van der Waals surface area contributed by atoms with E-state index < -0.39 is 0 Å². The zero-order chi connectivity index (χ0) is 34.4. The summed E-state index contributed by atoms with van der Waals surface area (Å²) in [5, 5.41) is 2.31. The van der Waals surface area contributed by atoms with Gasteiger partial charge in [0.25, 0.3) is 0 Å². The largest absolute Gasteiger partial charge is 0.436 e. The zero-order valence-corrected chi connectivity index (χ0v) is 27.9. The van der Waals surface area contributed by atoms with Crippen LogP contribution in [-0.4, -0.2) is 24.5 Å². The van der Waals surface area contributed by atoms with Crippen molar-refractivity contribution in [2.24, 2.45) is 0 Å². The van der Waals surface area contributed by atoms with E-state index in [0.717, 1.165) is 66.6 Å². The topological polar surface area (TPSA) is 69.6 Å². The van der Waals surface area contributed by atoms with E-state index in [9.17, 15) is 0 Å². The number of nitrogens with zero attached hydrogens (tertiary/aromatic N) is 5. The maximum absolute atomic E-state index is 6.21. The molecule has 3 heterocycles. The molecule has 0 aliphatic rings. The minimum atomic E-state index is 0.586. The van der Waals surface area contributed by atoms with Gasteiger partial charge in [-0.25, -0.2) is 19.9 Å². The molecule has 10 rings (SSSR count). The highest BCUT2D eigenvalue weighted by molar-refractivity contribution is 6.13. The summed E-state index contributed by atoms with van der Waals surface area (Å²) >= 11 is 0. The quantitative estimate of drug-likeness (QED) is 0.176. The SMILES string of the molecule is c1ccc(-c2nc(-c3cccc(-c4cccc5oc(-c6ccccc6)nc45)c3)nc(-c3cccc4c5ccccc5n(-c5ccccc5)c34)n2)cc1. The van der Waals surface area contributed by atoms with Gasteiger partial charge in [-0.3, -0.25) is 0 Å². The molecular weight excluding hydrogens is 639 g/mol. The average Bonchev–Trinajstić information content (AvgIpc) is 3.82. The molecule has 0 unspecified atom stereocenters. The molecule has 6 nitrogen and oxygen atoms in total. The molecule has 0 amide bonds. The van der Waals surface area contributed by atoms with Gasteiger partial charge in [-0.2, -0.15) is 0 Å². The van der Waals surface area contributed by atoms with E-state index in [1.165, 1.54) is 5.39 Å². The summed E-state index contributed by atoms with van der Waals surface area (Å²) in [5.74, 6) is 2.39. The van der Waals surface area contributed by atoms with Crippen LogP contribution in [0, 0.1) is 0 Å². The summed E-state index contributed by atoms with van der Waals surface area (Å²) in [6.07, 6.45) is 0. The third kappa shape index (κ3) is 5.05. The van der Waals surface area contributed by atoms with Crippen LogP contribution in [0.25, 0.3) is 95.3 Å². The third-order valence-corrected chi connectivity index (χ3v) is 9.49. The van der Waals surface area contributed by atoms with E-state index in [0.29, 0.717) is 23.4 Å². The predicted octanol–water partition coefficient (Wildman–Crippen LogP) is 11.4. The number of fused-ring (bicyclic) bond motifs is 4. The van der Waals surface area contributed by atoms with Gasteiger partial charge in [0.1, 0.15) is 5.52 Å². The summed E-state index contributed by atoms with van der Waals surface area (Å²) in [5.41, 5.74) is 10.4. The lowest BCUT2D eigenvalue weighted by atomic mass is 10.0. The van der Waals surface area contributed by atoms with E-state index in [2.05, 4.69) is 95.6 Å². The normalized spacial score (nSPS) is 11.5. The van der Waals surface area contributed by atoms with Crippen molar-refractivity contribution < 1.29 is 4.42 Å². The van der Waals surface area contributed by atoms with Crippen molar-refractivity contribution in [3.8, 4) is 62.4 Å². The first-order chi connectivity index (χ1) is 25.8. The Morgan fingerprint density at radius 3 is 1.79 bits per heavy atom. The van der Waals surface area contributed by atoms with E-state index in [-0.39, 0.29) is 0 Å². The molecule has 3 aromatic heterocycles. The molecule has 52 heavy (non-hydrogen) atoms. The molecule has 0 aliphatic carbocycles. The molecule has 0 bridgehead atoms. The van der Waals surface area contributed by atoms with Gasteiger partial charge >= 0.3 is 0 Å². The molecule has 0 N–H and O–H groups in total. The molecule has 0 atom stereocenters. The van der Waals surface area contributed by atoms with Crippen LogP contribution in [0.5, 0.6) is 0 Å². The van der Waals surface area contributed by atoms with Crippen LogP contribution in [0.3, 0.4) is 0 Å². The van der Waals surface area contributed by atoms with Crippen LogP contribution in [0.15, 0.2) is 180 Å². The Kier molecular flexibility index (Phi) is 7.03. The fourth-order valence-corrected chi connectivity index (χ4v) is 7.10. The van der Waals surface area contributed by atoms with Gasteiger partial charge in [-0.15, -0.1) is 0 Å². The summed E-state index contributed by atoms with van der Waals surface area (Å²) in [4.78, 5) is 20.4. The Morgan fingerprint density at radius 2 is 0.981 bits per heavy atom. The van der Waals surface area contributed by atoms with E-state index >= 15 is 0 Å². The molecule has 0 saturated heterocycles. The number of hydrogen-bond donors (Lipinski definition) is 0. The lowest BCUT2D eigenvalue weighted by Gasteiger charge is -2.13. The number of oxazole rings is 1. The Balaban J connectivity index is 1.18. The van der Waals surface area contributed by atoms with Crippen LogP contribution in [0.4, 0.5) is 0 Å². The van der Waals surface area contributed by atoms with Gasteiger partial charge in [0, 0.05) is 44.3 Å². The van der Waals surface area contributed by atoms with E-state index in [1.807, 2.05) is 84.9 Å². The first-order valence-corrected chi connectivity index (χ1v) is 17.2. The van der Waals surface area contributed by atoms with Crippen molar-refractivity contribution in [2.45, 2.75) is 0 Å². The molecule has 7 aromatic carbocycles. The molecule has 244 valence electrons. The Morgan fingerprint density at radius 1 is 0.404 bits per heavy atom. The van der Waals surface area contributed by atoms with Crippen molar-refractivity contribution in [1.29, 1.82) is 0 Å². The minimum absolute atomic E-state index is 0.586. The molecule has 0 radical (unpaired) electrons. The Bertz CT molecular complexity index is 2900. The van der Waals surface area contributed by atoms with Crippen molar-refractivity contribution in [1.82, 2.24) is 24.5 Å². The smallest absolute Gasteiger partial charge is 0.227 e. The third-order valence-electron chi connectivity index (χ3n) is 9.49. The zero-order valence-electron chi connectivity index (χ0n) is 27.9. The highest BCUT2D eigenvalue weighted by Crippen LogP contribution is 2.39. The molecule has 0 spiro atoms. The summed E-state index contributed by atoms with van der Waals surface area (Å²) in [6.45, 7) is 0. The maximum Gasteiger partial charge on any atom is 0.227 e. The molecule has 0 saturated carbocycles. The number of hydrogen-bond acceptors (Lipinski definition) is 5. The predicted molar refractivity (Wildman–Crippen MR) is 209 cm³/mol. The average molecular weight is 668 g/mol. The molecule has 0 aliphatic heterocycles. The number of rotatable bonds is 6. The molecule has 0 fully saturated rings. The number of aromatic nitrogens is 5. The summed E-state index contributed by atoms with van der Waals surface area (Å²) in [6, 6.07) is 59.8. The minimum Gasteiger partial charge on any atom is -0.436 e. The second-order valence-corrected chi connectivity index (χ2v) is 12.7. The number of para-hydroxylation sites is 4. The second kappa shape index (κ2) is 12.3. The highest BCUT2D eigenvalue weighted by Gasteiger charge is 2.20. The second-order valence-electron chi connectivity index (χ2n) is 12.7. The molecular formula is C46H29N5O. The van der Waals surface area contributed by atoms with Gasteiger partial charge in [-0.1, -0.05) is 127 Å². The van der Waals surface area contributed by atoms with Crippen molar-refractivity contribution in [3.63, 3.8) is 0 Å². The number of benzene rings is 7. The van der Waals surface area contributed by atoms with Crippen LogP contribution >= 0.6 is 0 Å². The Labute approximate surface area is 299 Å². The van der Waals surface area contributed by atoms with E-state index in [1.54, 1.807) is 0 Å². The van der Waals surface area contributed by atoms with Gasteiger partial charge in [0.2, 0.25) is 5.89 Å². The van der Waals surface area contributed by atoms with Crippen LogP contribution in [-0.2, 0) is 0 Å². The van der Waals surface area contributed by atoms with Gasteiger partial charge in [0.05, 0.1) is 11.0 Å². The molecule has 10 aromatic rings. The molecule has 6 heteroatoms.